The molecule has 0 aliphatic heterocycles. The number of hydrogen-bond donors (Lipinski definition) is 1. The van der Waals surface area contributed by atoms with Crippen LogP contribution in [0.15, 0.2) is 54.9 Å². The molecule has 2 heteroatoms. The van der Waals surface area contributed by atoms with Gasteiger partial charge < -0.3 is 5.43 Å². The van der Waals surface area contributed by atoms with E-state index in [0.29, 0.717) is 6.54 Å². The Morgan fingerprint density at radius 2 is 1.73 bits per heavy atom. The molecule has 0 spiro atoms. The molecule has 0 aliphatic rings. The lowest BCUT2D eigenvalue weighted by molar-refractivity contribution is 0.906. The maximum atomic E-state index is 3.14. The molecule has 1 N–H and O–H groups in total. The Hall–Kier alpha value is -2.14. The van der Waals surface area contributed by atoms with E-state index >= 15 is 0 Å². The molecular formula is C13H12N2. The first kappa shape index (κ1) is 9.42. The van der Waals surface area contributed by atoms with Gasteiger partial charge in [0.25, 0.3) is 0 Å². The summed E-state index contributed by atoms with van der Waals surface area (Å²) in [4.78, 5) is 0. The summed E-state index contributed by atoms with van der Waals surface area (Å²) < 4.78 is 1.89. The van der Waals surface area contributed by atoms with Crippen LogP contribution in [0, 0.1) is 11.8 Å². The molecule has 15 heavy (non-hydrogen) atoms. The van der Waals surface area contributed by atoms with Crippen molar-refractivity contribution in [3.8, 4) is 11.8 Å². The van der Waals surface area contributed by atoms with Gasteiger partial charge in [0, 0.05) is 18.0 Å². The van der Waals surface area contributed by atoms with Crippen LogP contribution in [0.25, 0.3) is 0 Å². The molecule has 0 saturated carbocycles. The van der Waals surface area contributed by atoms with Crippen molar-refractivity contribution < 1.29 is 0 Å². The average molecular weight is 196 g/mol. The predicted molar refractivity (Wildman–Crippen MR) is 62.0 cm³/mol. The Morgan fingerprint density at radius 3 is 2.47 bits per heavy atom. The lowest BCUT2D eigenvalue weighted by atomic mass is 10.2. The summed E-state index contributed by atoms with van der Waals surface area (Å²) in [6.45, 7) is 0.642. The molecule has 0 fully saturated rings. The third kappa shape index (κ3) is 2.92. The second-order valence-corrected chi connectivity index (χ2v) is 3.09. The molecule has 0 atom stereocenters. The molecule has 0 unspecified atom stereocenters. The highest BCUT2D eigenvalue weighted by Crippen LogP contribution is 1.94. The second-order valence-electron chi connectivity index (χ2n) is 3.09. The van der Waals surface area contributed by atoms with E-state index in [-0.39, 0.29) is 0 Å². The maximum absolute atomic E-state index is 3.14. The van der Waals surface area contributed by atoms with Crippen molar-refractivity contribution in [2.24, 2.45) is 0 Å². The molecule has 2 nitrogen and oxygen atoms in total. The van der Waals surface area contributed by atoms with Crippen molar-refractivity contribution in [2.45, 2.75) is 0 Å². The van der Waals surface area contributed by atoms with Gasteiger partial charge in [-0.2, -0.15) is 0 Å². The Labute approximate surface area is 89.5 Å². The number of aromatic nitrogens is 1. The number of nitrogens with one attached hydrogen (secondary N) is 1. The van der Waals surface area contributed by atoms with Crippen LogP contribution in [0.1, 0.15) is 5.56 Å². The van der Waals surface area contributed by atoms with E-state index in [1.807, 2.05) is 59.5 Å². The van der Waals surface area contributed by atoms with Gasteiger partial charge in [0.05, 0.1) is 6.54 Å². The van der Waals surface area contributed by atoms with Crippen LogP contribution in [0.5, 0.6) is 0 Å². The quantitative estimate of drug-likeness (QED) is 0.728. The van der Waals surface area contributed by atoms with E-state index < -0.39 is 0 Å². The minimum Gasteiger partial charge on any atom is -0.314 e. The van der Waals surface area contributed by atoms with E-state index in [9.17, 15) is 0 Å². The predicted octanol–water partition coefficient (Wildman–Crippen LogP) is 2.08. The van der Waals surface area contributed by atoms with Crippen molar-refractivity contribution in [3.05, 3.63) is 60.4 Å². The van der Waals surface area contributed by atoms with Crippen molar-refractivity contribution in [2.75, 3.05) is 12.0 Å². The SMILES string of the molecule is C(#Cc1ccccc1)CNn1cccc1. The highest BCUT2D eigenvalue weighted by molar-refractivity contribution is 5.34. The van der Waals surface area contributed by atoms with Gasteiger partial charge >= 0.3 is 0 Å². The molecule has 0 aliphatic carbocycles. The first-order chi connectivity index (χ1) is 7.45. The largest absolute Gasteiger partial charge is 0.314 e. The Balaban J connectivity index is 1.86. The fourth-order valence-corrected chi connectivity index (χ4v) is 1.24. The summed E-state index contributed by atoms with van der Waals surface area (Å²) in [7, 11) is 0. The summed E-state index contributed by atoms with van der Waals surface area (Å²) in [6, 6.07) is 13.9. The van der Waals surface area contributed by atoms with Crippen LogP contribution >= 0.6 is 0 Å². The van der Waals surface area contributed by atoms with Crippen molar-refractivity contribution in [1.29, 1.82) is 0 Å². The first-order valence-electron chi connectivity index (χ1n) is 4.86. The Morgan fingerprint density at radius 1 is 1.00 bits per heavy atom. The van der Waals surface area contributed by atoms with Gasteiger partial charge in [-0.25, -0.2) is 0 Å². The average Bonchev–Trinajstić information content (AvgIpc) is 2.79. The minimum absolute atomic E-state index is 0.642. The van der Waals surface area contributed by atoms with Crippen LogP contribution in [0.3, 0.4) is 0 Å². The molecule has 1 aromatic heterocycles. The standard InChI is InChI=1S/C13H12N2/c1-2-7-13(8-3-1)9-6-10-14-15-11-4-5-12-15/h1-5,7-8,11-12,14H,10H2. The second kappa shape index (κ2) is 4.92. The van der Waals surface area contributed by atoms with E-state index in [4.69, 9.17) is 0 Å². The highest BCUT2D eigenvalue weighted by Gasteiger charge is 1.83. The molecule has 74 valence electrons. The van der Waals surface area contributed by atoms with Gasteiger partial charge in [0.2, 0.25) is 0 Å². The fraction of sp³-hybridized carbons (Fsp3) is 0.0769. The van der Waals surface area contributed by atoms with Crippen LogP contribution < -0.4 is 5.43 Å². The fourth-order valence-electron chi connectivity index (χ4n) is 1.24. The number of benzene rings is 1. The van der Waals surface area contributed by atoms with Gasteiger partial charge in [-0.05, 0) is 24.3 Å². The van der Waals surface area contributed by atoms with Gasteiger partial charge in [0.15, 0.2) is 0 Å². The number of nitrogens with zero attached hydrogens (tertiary/aromatic N) is 1. The van der Waals surface area contributed by atoms with E-state index in [1.54, 1.807) is 0 Å². The lowest BCUT2D eigenvalue weighted by Gasteiger charge is -2.00. The summed E-state index contributed by atoms with van der Waals surface area (Å²) >= 11 is 0. The summed E-state index contributed by atoms with van der Waals surface area (Å²) in [5.41, 5.74) is 4.19. The van der Waals surface area contributed by atoms with Crippen LogP contribution in [-0.4, -0.2) is 11.2 Å². The summed E-state index contributed by atoms with van der Waals surface area (Å²) in [5, 5.41) is 0. The van der Waals surface area contributed by atoms with Crippen molar-refractivity contribution in [1.82, 2.24) is 4.68 Å². The van der Waals surface area contributed by atoms with Crippen molar-refractivity contribution in [3.63, 3.8) is 0 Å². The molecule has 2 rings (SSSR count). The molecule has 0 radical (unpaired) electrons. The summed E-state index contributed by atoms with van der Waals surface area (Å²) in [6.07, 6.45) is 3.90. The van der Waals surface area contributed by atoms with E-state index in [1.165, 1.54) is 0 Å². The third-order valence-electron chi connectivity index (χ3n) is 1.96. The first-order valence-corrected chi connectivity index (χ1v) is 4.86. The lowest BCUT2D eigenvalue weighted by Crippen LogP contribution is -2.11. The van der Waals surface area contributed by atoms with Gasteiger partial charge in [0.1, 0.15) is 0 Å². The molecule has 1 heterocycles. The monoisotopic (exact) mass is 196 g/mol. The number of hydrogen-bond acceptors (Lipinski definition) is 1. The normalized spacial score (nSPS) is 9.07. The Bertz CT molecular complexity index is 446. The van der Waals surface area contributed by atoms with Crippen LogP contribution in [0.4, 0.5) is 0 Å². The molecule has 0 saturated heterocycles. The van der Waals surface area contributed by atoms with E-state index in [0.717, 1.165) is 5.56 Å². The zero-order chi connectivity index (χ0) is 10.3. The maximum Gasteiger partial charge on any atom is 0.0925 e. The smallest absolute Gasteiger partial charge is 0.0925 e. The molecule has 2 aromatic rings. The third-order valence-corrected chi connectivity index (χ3v) is 1.96. The minimum atomic E-state index is 0.642. The van der Waals surface area contributed by atoms with Crippen molar-refractivity contribution >= 4 is 0 Å². The van der Waals surface area contributed by atoms with Crippen LogP contribution in [0.2, 0.25) is 0 Å². The molecule has 0 amide bonds. The molecular weight excluding hydrogens is 184 g/mol. The van der Waals surface area contributed by atoms with Gasteiger partial charge in [-0.3, -0.25) is 4.68 Å². The molecule has 0 bridgehead atoms. The van der Waals surface area contributed by atoms with Gasteiger partial charge in [-0.1, -0.05) is 30.0 Å². The topological polar surface area (TPSA) is 17.0 Å². The zero-order valence-electron chi connectivity index (χ0n) is 8.35. The van der Waals surface area contributed by atoms with Crippen LogP contribution in [-0.2, 0) is 0 Å². The Kier molecular flexibility index (Phi) is 3.09. The molecule has 1 aromatic carbocycles. The zero-order valence-corrected chi connectivity index (χ0v) is 8.35. The number of rotatable bonds is 2. The van der Waals surface area contributed by atoms with E-state index in [2.05, 4.69) is 17.3 Å². The van der Waals surface area contributed by atoms with Gasteiger partial charge in [-0.15, -0.1) is 0 Å². The summed E-state index contributed by atoms with van der Waals surface area (Å²) in [5.74, 6) is 6.14. The highest BCUT2D eigenvalue weighted by atomic mass is 15.4.